The number of fused-ring (bicyclic) bond motifs is 10. The zero-order chi connectivity index (χ0) is 30.9. The van der Waals surface area contributed by atoms with Crippen LogP contribution in [0.4, 0.5) is 0 Å². The van der Waals surface area contributed by atoms with Gasteiger partial charge in [-0.3, -0.25) is 0 Å². The van der Waals surface area contributed by atoms with E-state index in [-0.39, 0.29) is 13.4 Å². The van der Waals surface area contributed by atoms with Crippen molar-refractivity contribution in [2.24, 2.45) is 0 Å². The molecule has 3 nitrogen and oxygen atoms in total. The number of nitrogens with zero attached hydrogens (tertiary/aromatic N) is 1. The maximum absolute atomic E-state index is 7.18. The van der Waals surface area contributed by atoms with Crippen molar-refractivity contribution in [1.29, 1.82) is 0 Å². The molecule has 47 heavy (non-hydrogen) atoms. The number of hydrogen-bond donors (Lipinski definition) is 0. The predicted octanol–water partition coefficient (Wildman–Crippen LogP) is 6.03. The zero-order valence-electron chi connectivity index (χ0n) is 25.5. The van der Waals surface area contributed by atoms with E-state index in [1.54, 1.807) is 0 Å². The fraction of sp³-hybridized carbons (Fsp3) is 0. The molecule has 2 aliphatic heterocycles. The maximum atomic E-state index is 7.18. The van der Waals surface area contributed by atoms with E-state index < -0.39 is 0 Å². The summed E-state index contributed by atoms with van der Waals surface area (Å²) in [6.07, 6.45) is 0. The van der Waals surface area contributed by atoms with Crippen LogP contribution in [0.25, 0.3) is 27.5 Å². The average Bonchev–Trinajstić information content (AvgIpc) is 3.49. The number of benzene rings is 7. The van der Waals surface area contributed by atoms with E-state index in [9.17, 15) is 0 Å². The van der Waals surface area contributed by atoms with Crippen LogP contribution in [0.5, 0.6) is 23.0 Å². The smallest absolute Gasteiger partial charge is 0.255 e. The van der Waals surface area contributed by atoms with Crippen LogP contribution >= 0.6 is 0 Å². The molecule has 2 aliphatic rings. The van der Waals surface area contributed by atoms with Gasteiger partial charge in [0.15, 0.2) is 5.75 Å². The molecule has 0 N–H and O–H groups in total. The molecular formula is C42H27B2NO2. The first-order valence-corrected chi connectivity index (χ1v) is 16.2. The number of ether oxygens (including phenoxy) is 2. The van der Waals surface area contributed by atoms with Crippen LogP contribution in [-0.4, -0.2) is 18.0 Å². The minimum Gasteiger partial charge on any atom is -0.459 e. The van der Waals surface area contributed by atoms with Crippen LogP contribution in [0.3, 0.4) is 0 Å². The molecule has 0 amide bonds. The summed E-state index contributed by atoms with van der Waals surface area (Å²) in [7, 11) is 0. The van der Waals surface area contributed by atoms with Crippen molar-refractivity contribution in [2.75, 3.05) is 0 Å². The second kappa shape index (κ2) is 10.3. The Bertz CT molecular complexity index is 2480. The minimum atomic E-state index is -0.0989. The molecule has 0 radical (unpaired) electrons. The van der Waals surface area contributed by atoms with E-state index in [0.29, 0.717) is 0 Å². The summed E-state index contributed by atoms with van der Waals surface area (Å²) < 4.78 is 16.7. The lowest BCUT2D eigenvalue weighted by molar-refractivity contribution is 0.472. The van der Waals surface area contributed by atoms with Crippen LogP contribution in [0.1, 0.15) is 0 Å². The lowest BCUT2D eigenvalue weighted by Gasteiger charge is -2.35. The van der Waals surface area contributed by atoms with Crippen LogP contribution < -0.4 is 42.3 Å². The van der Waals surface area contributed by atoms with Crippen LogP contribution in [0, 0.1) is 0 Å². The molecule has 8 aromatic rings. The third-order valence-corrected chi connectivity index (χ3v) is 9.83. The summed E-state index contributed by atoms with van der Waals surface area (Å²) >= 11 is 0. The van der Waals surface area contributed by atoms with E-state index in [0.717, 1.165) is 61.5 Å². The summed E-state index contributed by atoms with van der Waals surface area (Å²) in [6, 6.07) is 58.0. The Morgan fingerprint density at radius 3 is 1.55 bits per heavy atom. The molecule has 5 heteroatoms. The van der Waals surface area contributed by atoms with Crippen molar-refractivity contribution < 1.29 is 9.47 Å². The van der Waals surface area contributed by atoms with Gasteiger partial charge in [-0.15, -0.1) is 0 Å². The van der Waals surface area contributed by atoms with Crippen molar-refractivity contribution in [3.63, 3.8) is 0 Å². The van der Waals surface area contributed by atoms with Gasteiger partial charge in [-0.25, -0.2) is 0 Å². The standard InChI is InChI=1S/C42H27B2NO2/c1-4-16-28(17-5-1)43-32-23-11-14-26-35(32)46-41-38(43)37-31-22-10-13-25-34(31)45(30-20-8-3-9-21-30)40(37)42-39(41)44(29-18-6-2-7-19-29)33-24-12-15-27-36(33)47-42/h1-27H. The summed E-state index contributed by atoms with van der Waals surface area (Å²) in [6.45, 7) is -0.147. The first-order valence-electron chi connectivity index (χ1n) is 16.2. The molecule has 0 spiro atoms. The minimum absolute atomic E-state index is 0.0485. The number of rotatable bonds is 3. The number of hydrogen-bond acceptors (Lipinski definition) is 2. The first kappa shape index (κ1) is 26.3. The molecular weight excluding hydrogens is 572 g/mol. The fourth-order valence-corrected chi connectivity index (χ4v) is 7.95. The molecule has 1 aromatic heterocycles. The third kappa shape index (κ3) is 3.83. The second-order valence-corrected chi connectivity index (χ2v) is 12.4. The van der Waals surface area contributed by atoms with Gasteiger partial charge in [0, 0.05) is 21.9 Å². The van der Waals surface area contributed by atoms with Gasteiger partial charge in [0.25, 0.3) is 13.4 Å². The van der Waals surface area contributed by atoms with Gasteiger partial charge >= 0.3 is 0 Å². The van der Waals surface area contributed by atoms with Gasteiger partial charge < -0.3 is 14.0 Å². The molecule has 0 saturated carbocycles. The van der Waals surface area contributed by atoms with Gasteiger partial charge in [-0.05, 0) is 46.7 Å². The van der Waals surface area contributed by atoms with E-state index in [1.165, 1.54) is 21.8 Å². The molecule has 218 valence electrons. The molecule has 7 aromatic carbocycles. The SMILES string of the molecule is c1ccc(B2c3ccccc3Oc3c2c2c(c4c5ccccc5n(-c5ccccc5)c34)B(c3ccccc3)c3ccccc3O2)cc1. The predicted molar refractivity (Wildman–Crippen MR) is 196 cm³/mol. The summed E-state index contributed by atoms with van der Waals surface area (Å²) in [5.41, 5.74) is 10.3. The molecule has 0 aliphatic carbocycles. The average molecular weight is 599 g/mol. The number of aromatic nitrogens is 1. The van der Waals surface area contributed by atoms with E-state index >= 15 is 0 Å². The third-order valence-electron chi connectivity index (χ3n) is 9.83. The zero-order valence-corrected chi connectivity index (χ0v) is 25.5. The lowest BCUT2D eigenvalue weighted by Crippen LogP contribution is -2.60. The van der Waals surface area contributed by atoms with E-state index in [1.807, 2.05) is 0 Å². The van der Waals surface area contributed by atoms with E-state index in [4.69, 9.17) is 9.47 Å². The molecule has 3 heterocycles. The Kier molecular flexibility index (Phi) is 5.76. The van der Waals surface area contributed by atoms with Gasteiger partial charge in [-0.2, -0.15) is 0 Å². The Labute approximate surface area is 273 Å². The fourth-order valence-electron chi connectivity index (χ4n) is 7.95. The highest BCUT2D eigenvalue weighted by Crippen LogP contribution is 2.43. The topological polar surface area (TPSA) is 23.4 Å². The van der Waals surface area contributed by atoms with Gasteiger partial charge in [0.05, 0.1) is 11.0 Å². The van der Waals surface area contributed by atoms with Crippen LogP contribution in [0.2, 0.25) is 0 Å². The van der Waals surface area contributed by atoms with Gasteiger partial charge in [0.1, 0.15) is 17.2 Å². The van der Waals surface area contributed by atoms with Crippen molar-refractivity contribution >= 4 is 68.0 Å². The Morgan fingerprint density at radius 1 is 0.426 bits per heavy atom. The molecule has 0 bridgehead atoms. The molecule has 0 saturated heterocycles. The molecule has 0 unspecified atom stereocenters. The van der Waals surface area contributed by atoms with E-state index in [2.05, 4.69) is 168 Å². The highest BCUT2D eigenvalue weighted by Gasteiger charge is 2.44. The number of para-hydroxylation sites is 4. The summed E-state index contributed by atoms with van der Waals surface area (Å²) in [5, 5.41) is 2.33. The quantitative estimate of drug-likeness (QED) is 0.232. The van der Waals surface area contributed by atoms with Crippen molar-refractivity contribution in [2.45, 2.75) is 0 Å². The molecule has 0 fully saturated rings. The van der Waals surface area contributed by atoms with Gasteiger partial charge in [0.2, 0.25) is 0 Å². The maximum Gasteiger partial charge on any atom is 0.255 e. The van der Waals surface area contributed by atoms with Crippen LogP contribution in [-0.2, 0) is 0 Å². The largest absolute Gasteiger partial charge is 0.459 e. The van der Waals surface area contributed by atoms with Crippen molar-refractivity contribution in [3.05, 3.63) is 164 Å². The molecule has 0 atom stereocenters. The normalized spacial score (nSPS) is 12.9. The summed E-state index contributed by atoms with van der Waals surface area (Å²) in [5.74, 6) is 3.49. The Hall–Kier alpha value is -5.93. The monoisotopic (exact) mass is 599 g/mol. The van der Waals surface area contributed by atoms with Crippen molar-refractivity contribution in [3.8, 4) is 28.7 Å². The first-order chi connectivity index (χ1) is 23.4. The highest BCUT2D eigenvalue weighted by atomic mass is 16.5. The van der Waals surface area contributed by atoms with Crippen molar-refractivity contribution in [1.82, 2.24) is 4.57 Å². The Morgan fingerprint density at radius 2 is 0.915 bits per heavy atom. The lowest BCUT2D eigenvalue weighted by atomic mass is 9.31. The molecule has 10 rings (SSSR count). The second-order valence-electron chi connectivity index (χ2n) is 12.4. The Balaban J connectivity index is 1.45. The highest BCUT2D eigenvalue weighted by molar-refractivity contribution is 7.01. The summed E-state index contributed by atoms with van der Waals surface area (Å²) in [4.78, 5) is 0. The van der Waals surface area contributed by atoms with Crippen LogP contribution in [0.15, 0.2) is 164 Å². The van der Waals surface area contributed by atoms with Gasteiger partial charge in [-0.1, -0.05) is 144 Å².